The highest BCUT2D eigenvalue weighted by molar-refractivity contribution is 5.77. The smallest absolute Gasteiger partial charge is 0.233 e. The Morgan fingerprint density at radius 2 is 2.33 bits per heavy atom. The molecule has 1 amide bonds. The van der Waals surface area contributed by atoms with Crippen molar-refractivity contribution in [2.45, 2.75) is 32.2 Å². The van der Waals surface area contributed by atoms with Crippen molar-refractivity contribution in [3.8, 4) is 6.07 Å². The largest absolute Gasteiger partial charge is 0.358 e. The van der Waals surface area contributed by atoms with Crippen molar-refractivity contribution < 1.29 is 4.79 Å². The maximum absolute atomic E-state index is 11.3. The molecule has 1 N–H and O–H groups in total. The van der Waals surface area contributed by atoms with E-state index in [2.05, 4.69) is 16.3 Å². The molecular weight excluding hydrogens is 190 g/mol. The number of likely N-dealkylation sites (N-methyl/N-ethyl adjacent to an activating group) is 2. The van der Waals surface area contributed by atoms with E-state index in [0.29, 0.717) is 6.54 Å². The second kappa shape index (κ2) is 5.72. The van der Waals surface area contributed by atoms with Crippen molar-refractivity contribution in [1.82, 2.24) is 10.2 Å². The van der Waals surface area contributed by atoms with Crippen LogP contribution in [0.2, 0.25) is 0 Å². The highest BCUT2D eigenvalue weighted by Gasteiger charge is 2.31. The Balaban J connectivity index is 2.58. The molecule has 0 aromatic carbocycles. The summed E-state index contributed by atoms with van der Waals surface area (Å²) in [6.07, 6.45) is 3.13. The van der Waals surface area contributed by atoms with Gasteiger partial charge in [-0.05, 0) is 19.4 Å². The predicted molar refractivity (Wildman–Crippen MR) is 58.1 cm³/mol. The summed E-state index contributed by atoms with van der Waals surface area (Å²) in [5, 5.41) is 11.6. The molecule has 84 valence electrons. The van der Waals surface area contributed by atoms with E-state index < -0.39 is 0 Å². The first-order valence-corrected chi connectivity index (χ1v) is 5.57. The fourth-order valence-electron chi connectivity index (χ4n) is 2.26. The topological polar surface area (TPSA) is 56.1 Å². The van der Waals surface area contributed by atoms with Gasteiger partial charge in [-0.3, -0.25) is 9.69 Å². The van der Waals surface area contributed by atoms with E-state index in [1.165, 1.54) is 0 Å². The minimum absolute atomic E-state index is 0.0282. The molecule has 0 aromatic heterocycles. The van der Waals surface area contributed by atoms with E-state index in [9.17, 15) is 4.79 Å². The van der Waals surface area contributed by atoms with Gasteiger partial charge in [0.1, 0.15) is 0 Å². The molecule has 1 aliphatic carbocycles. The lowest BCUT2D eigenvalue weighted by atomic mass is 10.0. The van der Waals surface area contributed by atoms with Crippen molar-refractivity contribution in [1.29, 1.82) is 5.26 Å². The number of nitriles is 1. The molecule has 4 nitrogen and oxygen atoms in total. The summed E-state index contributed by atoms with van der Waals surface area (Å²) in [5.41, 5.74) is 0. The van der Waals surface area contributed by atoms with E-state index >= 15 is 0 Å². The van der Waals surface area contributed by atoms with Gasteiger partial charge in [-0.25, -0.2) is 0 Å². The highest BCUT2D eigenvalue weighted by atomic mass is 16.1. The van der Waals surface area contributed by atoms with Crippen LogP contribution < -0.4 is 5.32 Å². The van der Waals surface area contributed by atoms with Crippen LogP contribution in [0.25, 0.3) is 0 Å². The van der Waals surface area contributed by atoms with Gasteiger partial charge in [0.05, 0.1) is 18.5 Å². The van der Waals surface area contributed by atoms with Gasteiger partial charge < -0.3 is 5.32 Å². The number of nitrogens with zero attached hydrogens (tertiary/aromatic N) is 2. The van der Waals surface area contributed by atoms with Gasteiger partial charge in [0.25, 0.3) is 0 Å². The van der Waals surface area contributed by atoms with Gasteiger partial charge in [0, 0.05) is 13.1 Å². The minimum Gasteiger partial charge on any atom is -0.358 e. The lowest BCUT2D eigenvalue weighted by Gasteiger charge is -2.28. The summed E-state index contributed by atoms with van der Waals surface area (Å²) in [6.45, 7) is 3.28. The molecule has 1 rings (SSSR count). The third-order valence-corrected chi connectivity index (χ3v) is 3.15. The Hall–Kier alpha value is -1.08. The van der Waals surface area contributed by atoms with Crippen LogP contribution in [0, 0.1) is 17.2 Å². The van der Waals surface area contributed by atoms with E-state index in [4.69, 9.17) is 5.26 Å². The molecule has 0 saturated heterocycles. The van der Waals surface area contributed by atoms with Gasteiger partial charge in [-0.2, -0.15) is 5.26 Å². The van der Waals surface area contributed by atoms with E-state index in [-0.39, 0.29) is 17.9 Å². The summed E-state index contributed by atoms with van der Waals surface area (Å²) >= 11 is 0. The number of rotatable bonds is 4. The van der Waals surface area contributed by atoms with Crippen LogP contribution in [0.1, 0.15) is 26.2 Å². The molecule has 0 aromatic rings. The molecule has 0 radical (unpaired) electrons. The average Bonchev–Trinajstić information content (AvgIpc) is 2.73. The van der Waals surface area contributed by atoms with Crippen LogP contribution in [-0.2, 0) is 4.79 Å². The van der Waals surface area contributed by atoms with Crippen molar-refractivity contribution in [3.05, 3.63) is 0 Å². The Morgan fingerprint density at radius 1 is 1.60 bits per heavy atom. The maximum Gasteiger partial charge on any atom is 0.233 e. The van der Waals surface area contributed by atoms with Crippen molar-refractivity contribution >= 4 is 5.91 Å². The predicted octanol–water partition coefficient (Wildman–Crippen LogP) is 0.747. The number of hydrogen-bond acceptors (Lipinski definition) is 3. The first-order chi connectivity index (χ1) is 7.22. The van der Waals surface area contributed by atoms with Crippen LogP contribution in [0.4, 0.5) is 0 Å². The fourth-order valence-corrected chi connectivity index (χ4v) is 2.26. The fraction of sp³-hybridized carbons (Fsp3) is 0.818. The molecule has 1 saturated carbocycles. The van der Waals surface area contributed by atoms with Gasteiger partial charge in [-0.15, -0.1) is 0 Å². The second-order valence-electron chi connectivity index (χ2n) is 3.97. The van der Waals surface area contributed by atoms with Crippen molar-refractivity contribution in [2.24, 2.45) is 5.92 Å². The molecule has 1 fully saturated rings. The molecular formula is C11H19N3O. The van der Waals surface area contributed by atoms with Crippen molar-refractivity contribution in [2.75, 3.05) is 20.1 Å². The highest BCUT2D eigenvalue weighted by Crippen LogP contribution is 2.29. The third kappa shape index (κ3) is 2.93. The zero-order valence-corrected chi connectivity index (χ0v) is 9.49. The number of carbonyl (C=O) groups excluding carboxylic acids is 1. The summed E-state index contributed by atoms with van der Waals surface area (Å²) in [4.78, 5) is 13.4. The summed E-state index contributed by atoms with van der Waals surface area (Å²) in [5.74, 6) is 0.134. The number of nitrogens with one attached hydrogen (secondary N) is 1. The van der Waals surface area contributed by atoms with E-state index in [1.54, 1.807) is 7.05 Å². The maximum atomic E-state index is 11.3. The molecule has 2 unspecified atom stereocenters. The SMILES string of the molecule is CCN(CC(=O)NC)C1CCCC1C#N. The van der Waals surface area contributed by atoms with Crippen LogP contribution >= 0.6 is 0 Å². The average molecular weight is 209 g/mol. The summed E-state index contributed by atoms with van der Waals surface area (Å²) in [7, 11) is 1.65. The first-order valence-electron chi connectivity index (χ1n) is 5.57. The Kier molecular flexibility index (Phi) is 4.57. The van der Waals surface area contributed by atoms with Gasteiger partial charge >= 0.3 is 0 Å². The Labute approximate surface area is 91.2 Å². The van der Waals surface area contributed by atoms with Crippen LogP contribution in [0.15, 0.2) is 0 Å². The van der Waals surface area contributed by atoms with Crippen LogP contribution in [-0.4, -0.2) is 37.0 Å². The molecule has 0 heterocycles. The molecule has 4 heteroatoms. The van der Waals surface area contributed by atoms with Gasteiger partial charge in [-0.1, -0.05) is 13.3 Å². The van der Waals surface area contributed by atoms with E-state index in [0.717, 1.165) is 25.8 Å². The second-order valence-corrected chi connectivity index (χ2v) is 3.97. The summed E-state index contributed by atoms with van der Waals surface area (Å²) < 4.78 is 0. The standard InChI is InChI=1S/C11H19N3O/c1-3-14(8-11(15)13-2)10-6-4-5-9(10)7-12/h9-10H,3-6,8H2,1-2H3,(H,13,15). The Bertz CT molecular complexity index is 259. The van der Waals surface area contributed by atoms with Gasteiger partial charge in [0.2, 0.25) is 5.91 Å². The molecule has 15 heavy (non-hydrogen) atoms. The molecule has 2 atom stereocenters. The lowest BCUT2D eigenvalue weighted by molar-refractivity contribution is -0.122. The first kappa shape index (κ1) is 12.0. The minimum atomic E-state index is 0.0282. The lowest BCUT2D eigenvalue weighted by Crippen LogP contribution is -2.43. The molecule has 0 aliphatic heterocycles. The number of hydrogen-bond donors (Lipinski definition) is 1. The van der Waals surface area contributed by atoms with Crippen LogP contribution in [0.5, 0.6) is 0 Å². The van der Waals surface area contributed by atoms with Crippen molar-refractivity contribution in [3.63, 3.8) is 0 Å². The molecule has 0 bridgehead atoms. The monoisotopic (exact) mass is 209 g/mol. The van der Waals surface area contributed by atoms with Crippen LogP contribution in [0.3, 0.4) is 0 Å². The zero-order valence-electron chi connectivity index (χ0n) is 9.49. The normalized spacial score (nSPS) is 25.2. The summed E-state index contributed by atoms with van der Waals surface area (Å²) in [6, 6.07) is 2.62. The number of amides is 1. The number of carbonyl (C=O) groups is 1. The molecule has 1 aliphatic rings. The Morgan fingerprint density at radius 3 is 2.87 bits per heavy atom. The zero-order chi connectivity index (χ0) is 11.3. The van der Waals surface area contributed by atoms with Gasteiger partial charge in [0.15, 0.2) is 0 Å². The van der Waals surface area contributed by atoms with E-state index in [1.807, 2.05) is 6.92 Å². The third-order valence-electron chi connectivity index (χ3n) is 3.15. The quantitative estimate of drug-likeness (QED) is 0.743. The molecule has 0 spiro atoms.